The first-order valence-electron chi connectivity index (χ1n) is 10.2. The van der Waals surface area contributed by atoms with Crippen LogP contribution in [0.5, 0.6) is 0 Å². The van der Waals surface area contributed by atoms with E-state index >= 15 is 0 Å². The van der Waals surface area contributed by atoms with Gasteiger partial charge < -0.3 is 10.2 Å². The highest BCUT2D eigenvalue weighted by Gasteiger charge is 2.27. The molecule has 0 saturated heterocycles. The molecule has 1 N–H and O–H groups in total. The molecule has 0 heterocycles. The summed E-state index contributed by atoms with van der Waals surface area (Å²) in [5.41, 5.74) is 2.41. The van der Waals surface area contributed by atoms with Crippen LogP contribution in [0.3, 0.4) is 0 Å². The van der Waals surface area contributed by atoms with Gasteiger partial charge in [0.15, 0.2) is 0 Å². The van der Waals surface area contributed by atoms with E-state index in [9.17, 15) is 13.2 Å². The lowest BCUT2D eigenvalue weighted by Crippen LogP contribution is -2.42. The Balaban J connectivity index is 1.74. The van der Waals surface area contributed by atoms with Crippen LogP contribution in [0.1, 0.15) is 5.56 Å². The van der Waals surface area contributed by atoms with E-state index in [1.807, 2.05) is 49.2 Å². The smallest absolute Gasteiger partial charge is 0.264 e. The highest BCUT2D eigenvalue weighted by molar-refractivity contribution is 9.10. The number of para-hydroxylation sites is 1. The van der Waals surface area contributed by atoms with Gasteiger partial charge in [0.05, 0.1) is 10.6 Å². The zero-order chi connectivity index (χ0) is 23.1. The van der Waals surface area contributed by atoms with Crippen LogP contribution in [0.25, 0.3) is 0 Å². The van der Waals surface area contributed by atoms with Gasteiger partial charge in [0.25, 0.3) is 10.0 Å². The minimum Gasteiger partial charge on any atom is -0.373 e. The number of halogens is 1. The fraction of sp³-hybridized carbons (Fsp3) is 0.208. The van der Waals surface area contributed by atoms with Crippen LogP contribution < -0.4 is 14.5 Å². The predicted molar refractivity (Wildman–Crippen MR) is 133 cm³/mol. The third-order valence-electron chi connectivity index (χ3n) is 4.96. The Kier molecular flexibility index (Phi) is 7.93. The average molecular weight is 516 g/mol. The molecule has 168 valence electrons. The molecule has 3 aromatic carbocycles. The Bertz CT molecular complexity index is 1150. The molecule has 0 aliphatic heterocycles. The van der Waals surface area contributed by atoms with Gasteiger partial charge in [0, 0.05) is 30.3 Å². The number of aryl methyl sites for hydroxylation is 1. The van der Waals surface area contributed by atoms with Crippen LogP contribution in [0.15, 0.2) is 88.2 Å². The van der Waals surface area contributed by atoms with Crippen molar-refractivity contribution in [3.63, 3.8) is 0 Å². The Morgan fingerprint density at radius 3 is 2.25 bits per heavy atom. The molecule has 0 radical (unpaired) electrons. The van der Waals surface area contributed by atoms with Gasteiger partial charge in [-0.05, 0) is 49.4 Å². The summed E-state index contributed by atoms with van der Waals surface area (Å²) in [5.74, 6) is -0.373. The zero-order valence-electron chi connectivity index (χ0n) is 18.0. The molecule has 0 spiro atoms. The molecule has 0 atom stereocenters. The third-order valence-corrected chi connectivity index (χ3v) is 7.24. The summed E-state index contributed by atoms with van der Waals surface area (Å²) in [6, 6.07) is 23.3. The Morgan fingerprint density at radius 2 is 1.59 bits per heavy atom. The maximum Gasteiger partial charge on any atom is 0.264 e. The van der Waals surface area contributed by atoms with Gasteiger partial charge in [-0.15, -0.1) is 0 Å². The number of sulfonamides is 1. The summed E-state index contributed by atoms with van der Waals surface area (Å²) < 4.78 is 28.6. The van der Waals surface area contributed by atoms with Gasteiger partial charge >= 0.3 is 0 Å². The van der Waals surface area contributed by atoms with Crippen molar-refractivity contribution in [1.82, 2.24) is 5.32 Å². The molecule has 0 fully saturated rings. The average Bonchev–Trinajstić information content (AvgIpc) is 2.78. The number of hydrogen-bond acceptors (Lipinski definition) is 4. The number of nitrogens with one attached hydrogen (secondary N) is 1. The number of nitrogens with zero attached hydrogens (tertiary/aromatic N) is 2. The first kappa shape index (κ1) is 23.8. The quantitative estimate of drug-likeness (QED) is 0.463. The maximum absolute atomic E-state index is 13.4. The lowest BCUT2D eigenvalue weighted by molar-refractivity contribution is -0.119. The second-order valence-electron chi connectivity index (χ2n) is 7.41. The Labute approximate surface area is 198 Å². The third kappa shape index (κ3) is 6.11. The number of rotatable bonds is 9. The summed E-state index contributed by atoms with van der Waals surface area (Å²) in [4.78, 5) is 14.9. The van der Waals surface area contributed by atoms with Crippen molar-refractivity contribution >= 4 is 43.2 Å². The summed E-state index contributed by atoms with van der Waals surface area (Å²) in [5, 5.41) is 2.83. The van der Waals surface area contributed by atoms with Crippen LogP contribution >= 0.6 is 15.9 Å². The predicted octanol–water partition coefficient (Wildman–Crippen LogP) is 4.21. The molecule has 8 heteroatoms. The maximum atomic E-state index is 13.4. The van der Waals surface area contributed by atoms with Gasteiger partial charge in [-0.1, -0.05) is 57.9 Å². The van der Waals surface area contributed by atoms with Gasteiger partial charge in [0.1, 0.15) is 6.54 Å². The summed E-state index contributed by atoms with van der Waals surface area (Å²) in [6.45, 7) is 2.56. The minimum atomic E-state index is -3.93. The zero-order valence-corrected chi connectivity index (χ0v) is 20.4. The number of anilines is 2. The number of carbonyl (C=O) groups is 1. The molecule has 3 rings (SSSR count). The Hall–Kier alpha value is -2.84. The second kappa shape index (κ2) is 10.7. The number of hydrogen-bond donors (Lipinski definition) is 1. The van der Waals surface area contributed by atoms with Crippen molar-refractivity contribution in [1.29, 1.82) is 0 Å². The first-order valence-corrected chi connectivity index (χ1v) is 12.4. The molecule has 0 unspecified atom stereocenters. The number of amides is 1. The van der Waals surface area contributed by atoms with E-state index in [1.165, 1.54) is 0 Å². The number of carbonyl (C=O) groups excluding carboxylic acids is 1. The van der Waals surface area contributed by atoms with Crippen LogP contribution in [-0.2, 0) is 14.8 Å². The Morgan fingerprint density at radius 1 is 0.938 bits per heavy atom. The van der Waals surface area contributed by atoms with E-state index < -0.39 is 10.0 Å². The van der Waals surface area contributed by atoms with Crippen LogP contribution in [0, 0.1) is 6.92 Å². The number of benzene rings is 3. The minimum absolute atomic E-state index is 0.139. The van der Waals surface area contributed by atoms with Crippen molar-refractivity contribution in [3.8, 4) is 0 Å². The van der Waals surface area contributed by atoms with E-state index in [4.69, 9.17) is 0 Å². The SMILES string of the molecule is Cc1ccc(S(=O)(=O)N(CC(=O)NCCN(C)c2ccccc2)c2cccc(Br)c2)cc1. The van der Waals surface area contributed by atoms with Crippen molar-refractivity contribution in [2.45, 2.75) is 11.8 Å². The summed E-state index contributed by atoms with van der Waals surface area (Å²) in [6.07, 6.45) is 0. The first-order chi connectivity index (χ1) is 15.3. The molecular weight excluding hydrogens is 490 g/mol. The standard InChI is InChI=1S/C24H26BrN3O3S/c1-19-11-13-23(14-12-19)32(30,31)28(22-10-6-7-20(25)17-22)18-24(29)26-15-16-27(2)21-8-4-3-5-9-21/h3-14,17H,15-16,18H2,1-2H3,(H,26,29). The van der Waals surface area contributed by atoms with E-state index in [0.717, 1.165) is 20.0 Å². The molecule has 0 aliphatic rings. The summed E-state index contributed by atoms with van der Waals surface area (Å²) >= 11 is 3.38. The van der Waals surface area contributed by atoms with E-state index in [2.05, 4.69) is 21.2 Å². The molecule has 0 aromatic heterocycles. The topological polar surface area (TPSA) is 69.7 Å². The van der Waals surface area contributed by atoms with E-state index in [-0.39, 0.29) is 17.3 Å². The van der Waals surface area contributed by atoms with E-state index in [0.29, 0.717) is 18.8 Å². The molecule has 6 nitrogen and oxygen atoms in total. The van der Waals surface area contributed by atoms with Crippen LogP contribution in [0.2, 0.25) is 0 Å². The van der Waals surface area contributed by atoms with Crippen LogP contribution in [0.4, 0.5) is 11.4 Å². The molecule has 1 amide bonds. The molecular formula is C24H26BrN3O3S. The lowest BCUT2D eigenvalue weighted by Gasteiger charge is -2.25. The highest BCUT2D eigenvalue weighted by Crippen LogP contribution is 2.26. The van der Waals surface area contributed by atoms with Gasteiger partial charge in [0.2, 0.25) is 5.91 Å². The summed E-state index contributed by atoms with van der Waals surface area (Å²) in [7, 11) is -1.98. The fourth-order valence-corrected chi connectivity index (χ4v) is 4.94. The molecule has 32 heavy (non-hydrogen) atoms. The monoisotopic (exact) mass is 515 g/mol. The van der Waals surface area contributed by atoms with Gasteiger partial charge in [-0.3, -0.25) is 9.10 Å². The van der Waals surface area contributed by atoms with Crippen molar-refractivity contribution in [2.24, 2.45) is 0 Å². The van der Waals surface area contributed by atoms with Gasteiger partial charge in [-0.25, -0.2) is 8.42 Å². The van der Waals surface area contributed by atoms with Gasteiger partial charge in [-0.2, -0.15) is 0 Å². The molecule has 3 aromatic rings. The largest absolute Gasteiger partial charge is 0.373 e. The van der Waals surface area contributed by atoms with Crippen molar-refractivity contribution in [2.75, 3.05) is 35.9 Å². The molecule has 0 saturated carbocycles. The van der Waals surface area contributed by atoms with E-state index in [1.54, 1.807) is 48.5 Å². The van der Waals surface area contributed by atoms with Crippen molar-refractivity contribution < 1.29 is 13.2 Å². The second-order valence-corrected chi connectivity index (χ2v) is 10.2. The molecule has 0 bridgehead atoms. The van der Waals surface area contributed by atoms with Crippen LogP contribution in [-0.4, -0.2) is 41.0 Å². The highest BCUT2D eigenvalue weighted by atomic mass is 79.9. The molecule has 0 aliphatic carbocycles. The number of likely N-dealkylation sites (N-methyl/N-ethyl adjacent to an activating group) is 1. The van der Waals surface area contributed by atoms with Crippen molar-refractivity contribution in [3.05, 3.63) is 88.9 Å². The normalized spacial score (nSPS) is 11.1. The lowest BCUT2D eigenvalue weighted by atomic mass is 10.2. The fourth-order valence-electron chi connectivity index (χ4n) is 3.14.